The van der Waals surface area contributed by atoms with Gasteiger partial charge in [-0.15, -0.1) is 0 Å². The topological polar surface area (TPSA) is 70.1 Å². The van der Waals surface area contributed by atoms with Crippen LogP contribution in [0, 0.1) is 12.8 Å². The highest BCUT2D eigenvalue weighted by atomic mass is 16.5. The molecule has 168 valence electrons. The molecule has 2 amide bonds. The highest BCUT2D eigenvalue weighted by Crippen LogP contribution is 2.37. The van der Waals surface area contributed by atoms with E-state index in [0.717, 1.165) is 30.6 Å². The van der Waals surface area contributed by atoms with Crippen molar-refractivity contribution in [3.05, 3.63) is 65.4 Å². The molecule has 1 atom stereocenters. The first kappa shape index (κ1) is 22.1. The number of carbonyl (C=O) groups is 2. The molecule has 32 heavy (non-hydrogen) atoms. The van der Waals surface area contributed by atoms with Gasteiger partial charge in [0.05, 0.1) is 17.9 Å². The Hall–Kier alpha value is -3.12. The number of imide groups is 1. The molecule has 2 aromatic rings. The second kappa shape index (κ2) is 9.57. The van der Waals surface area contributed by atoms with Crippen LogP contribution in [0.25, 0.3) is 5.57 Å². The third kappa shape index (κ3) is 4.28. The van der Waals surface area contributed by atoms with Crippen LogP contribution < -0.4 is 9.64 Å². The number of anilines is 1. The quantitative estimate of drug-likeness (QED) is 0.672. The highest BCUT2D eigenvalue weighted by molar-refractivity contribution is 6.45. The summed E-state index contributed by atoms with van der Waals surface area (Å²) in [6.07, 6.45) is 2.71. The van der Waals surface area contributed by atoms with Gasteiger partial charge in [-0.3, -0.25) is 9.59 Å². The fourth-order valence-corrected chi connectivity index (χ4v) is 4.35. The van der Waals surface area contributed by atoms with Crippen molar-refractivity contribution in [3.8, 4) is 5.75 Å². The van der Waals surface area contributed by atoms with Crippen molar-refractivity contribution in [1.29, 1.82) is 0 Å². The number of hydrogen-bond acceptors (Lipinski definition) is 5. The van der Waals surface area contributed by atoms with E-state index < -0.39 is 0 Å². The summed E-state index contributed by atoms with van der Waals surface area (Å²) in [5, 5.41) is 9.69. The maximum Gasteiger partial charge on any atom is 0.282 e. The highest BCUT2D eigenvalue weighted by Gasteiger charge is 2.43. The van der Waals surface area contributed by atoms with Gasteiger partial charge in [0.25, 0.3) is 11.8 Å². The molecule has 6 heteroatoms. The van der Waals surface area contributed by atoms with Crippen LogP contribution in [-0.4, -0.2) is 48.1 Å². The first-order valence-corrected chi connectivity index (χ1v) is 11.3. The molecule has 0 spiro atoms. The van der Waals surface area contributed by atoms with Crippen molar-refractivity contribution < 1.29 is 19.4 Å². The fraction of sp³-hybridized carbons (Fsp3) is 0.385. The smallest absolute Gasteiger partial charge is 0.282 e. The Kier molecular flexibility index (Phi) is 6.61. The summed E-state index contributed by atoms with van der Waals surface area (Å²) in [6.45, 7) is 5.97. The van der Waals surface area contributed by atoms with Crippen LogP contribution in [0.4, 0.5) is 5.69 Å². The standard InChI is InChI=1S/C26H30N2O4/c1-3-15-32-22-12-8-20(9-13-22)23-24(27-14-4-5-19(16-27)17-29)26(31)28(25(23)30)21-10-6-18(2)7-11-21/h6-13,19,29H,3-5,14-17H2,1-2H3. The van der Waals surface area contributed by atoms with Crippen LogP contribution in [0.2, 0.25) is 0 Å². The lowest BCUT2D eigenvalue weighted by Gasteiger charge is -2.34. The summed E-state index contributed by atoms with van der Waals surface area (Å²) in [6, 6.07) is 14.8. The van der Waals surface area contributed by atoms with Gasteiger partial charge < -0.3 is 14.7 Å². The molecule has 4 rings (SSSR count). The molecule has 2 aromatic carbocycles. The minimum Gasteiger partial charge on any atom is -0.494 e. The molecule has 6 nitrogen and oxygen atoms in total. The molecule has 0 aromatic heterocycles. The summed E-state index contributed by atoms with van der Waals surface area (Å²) in [5.74, 6) is 0.211. The second-order valence-corrected chi connectivity index (χ2v) is 8.51. The normalized spacial score (nSPS) is 19.2. The van der Waals surface area contributed by atoms with Gasteiger partial charge in [0, 0.05) is 19.7 Å². The number of aryl methyl sites for hydroxylation is 1. The molecule has 0 saturated carbocycles. The number of piperidine rings is 1. The summed E-state index contributed by atoms with van der Waals surface area (Å²) in [7, 11) is 0. The molecular weight excluding hydrogens is 404 g/mol. The van der Waals surface area contributed by atoms with Crippen molar-refractivity contribution in [2.45, 2.75) is 33.1 Å². The Morgan fingerprint density at radius 3 is 2.41 bits per heavy atom. The number of nitrogens with zero attached hydrogens (tertiary/aromatic N) is 2. The maximum absolute atomic E-state index is 13.6. The van der Waals surface area contributed by atoms with Gasteiger partial charge in [-0.2, -0.15) is 0 Å². The number of carbonyl (C=O) groups excluding carboxylic acids is 2. The Bertz CT molecular complexity index is 1010. The third-order valence-electron chi connectivity index (χ3n) is 6.06. The molecule has 0 bridgehead atoms. The zero-order chi connectivity index (χ0) is 22.7. The fourth-order valence-electron chi connectivity index (χ4n) is 4.35. The van der Waals surface area contributed by atoms with Crippen LogP contribution in [0.1, 0.15) is 37.3 Å². The van der Waals surface area contributed by atoms with Crippen LogP contribution in [-0.2, 0) is 9.59 Å². The molecule has 1 N–H and O–H groups in total. The van der Waals surface area contributed by atoms with Crippen molar-refractivity contribution in [1.82, 2.24) is 4.90 Å². The van der Waals surface area contributed by atoms with Crippen molar-refractivity contribution in [3.63, 3.8) is 0 Å². The average molecular weight is 435 g/mol. The largest absolute Gasteiger partial charge is 0.494 e. The third-order valence-corrected chi connectivity index (χ3v) is 6.06. The van der Waals surface area contributed by atoms with E-state index in [0.29, 0.717) is 42.2 Å². The average Bonchev–Trinajstić information content (AvgIpc) is 3.08. The Labute approximate surface area is 189 Å². The van der Waals surface area contributed by atoms with E-state index in [1.807, 2.05) is 55.1 Å². The number of likely N-dealkylation sites (tertiary alicyclic amines) is 1. The Morgan fingerprint density at radius 2 is 1.75 bits per heavy atom. The summed E-state index contributed by atoms with van der Waals surface area (Å²) in [5.41, 5.74) is 3.16. The number of ether oxygens (including phenoxy) is 1. The van der Waals surface area contributed by atoms with Crippen LogP contribution >= 0.6 is 0 Å². The van der Waals surface area contributed by atoms with E-state index in [2.05, 4.69) is 0 Å². The molecule has 1 unspecified atom stereocenters. The predicted molar refractivity (Wildman–Crippen MR) is 124 cm³/mol. The van der Waals surface area contributed by atoms with Gasteiger partial charge in [-0.25, -0.2) is 4.90 Å². The van der Waals surface area contributed by atoms with E-state index in [1.165, 1.54) is 4.90 Å². The van der Waals surface area contributed by atoms with E-state index in [4.69, 9.17) is 4.74 Å². The first-order chi connectivity index (χ1) is 15.5. The minimum absolute atomic E-state index is 0.0758. The number of aliphatic hydroxyl groups excluding tert-OH is 1. The first-order valence-electron chi connectivity index (χ1n) is 11.3. The molecule has 0 radical (unpaired) electrons. The van der Waals surface area contributed by atoms with Gasteiger partial charge >= 0.3 is 0 Å². The van der Waals surface area contributed by atoms with Crippen LogP contribution in [0.3, 0.4) is 0 Å². The molecule has 1 fully saturated rings. The van der Waals surface area contributed by atoms with Gasteiger partial charge in [-0.1, -0.05) is 36.8 Å². The van der Waals surface area contributed by atoms with Crippen molar-refractivity contribution >= 4 is 23.1 Å². The van der Waals surface area contributed by atoms with Crippen molar-refractivity contribution in [2.75, 3.05) is 31.2 Å². The van der Waals surface area contributed by atoms with E-state index in [1.54, 1.807) is 12.1 Å². The van der Waals surface area contributed by atoms with Crippen molar-refractivity contribution in [2.24, 2.45) is 5.92 Å². The number of aliphatic hydroxyl groups is 1. The van der Waals surface area contributed by atoms with Gasteiger partial charge in [-0.05, 0) is 61.9 Å². The Balaban J connectivity index is 1.74. The molecule has 2 heterocycles. The maximum atomic E-state index is 13.6. The van der Waals surface area contributed by atoms with Crippen LogP contribution in [0.15, 0.2) is 54.2 Å². The monoisotopic (exact) mass is 434 g/mol. The number of hydrogen-bond donors (Lipinski definition) is 1. The number of amides is 2. The van der Waals surface area contributed by atoms with E-state index >= 15 is 0 Å². The molecular formula is C26H30N2O4. The lowest BCUT2D eigenvalue weighted by Crippen LogP contribution is -2.40. The van der Waals surface area contributed by atoms with Crippen LogP contribution in [0.5, 0.6) is 5.75 Å². The lowest BCUT2D eigenvalue weighted by molar-refractivity contribution is -0.120. The van der Waals surface area contributed by atoms with E-state index in [9.17, 15) is 14.7 Å². The molecule has 2 aliphatic heterocycles. The van der Waals surface area contributed by atoms with Gasteiger partial charge in [0.1, 0.15) is 11.4 Å². The SMILES string of the molecule is CCCOc1ccc(C2=C(N3CCCC(CO)C3)C(=O)N(c3ccc(C)cc3)C2=O)cc1. The molecule has 2 aliphatic rings. The zero-order valence-electron chi connectivity index (χ0n) is 18.7. The minimum atomic E-state index is -0.317. The van der Waals surface area contributed by atoms with Gasteiger partial charge in [0.2, 0.25) is 0 Å². The van der Waals surface area contributed by atoms with Gasteiger partial charge in [0.15, 0.2) is 0 Å². The lowest BCUT2D eigenvalue weighted by atomic mass is 9.97. The molecule has 1 saturated heterocycles. The summed E-state index contributed by atoms with van der Waals surface area (Å²) < 4.78 is 5.68. The number of benzene rings is 2. The summed E-state index contributed by atoms with van der Waals surface area (Å²) >= 11 is 0. The zero-order valence-corrected chi connectivity index (χ0v) is 18.7. The second-order valence-electron chi connectivity index (χ2n) is 8.51. The predicted octanol–water partition coefficient (Wildman–Crippen LogP) is 3.77. The Morgan fingerprint density at radius 1 is 1.03 bits per heavy atom. The van der Waals surface area contributed by atoms with E-state index in [-0.39, 0.29) is 24.3 Å². The summed E-state index contributed by atoms with van der Waals surface area (Å²) in [4.78, 5) is 30.5. The molecule has 0 aliphatic carbocycles. The number of rotatable bonds is 7.